The molecule has 1 aliphatic rings. The summed E-state index contributed by atoms with van der Waals surface area (Å²) in [7, 11) is 0. The van der Waals surface area contributed by atoms with Crippen LogP contribution >= 0.6 is 0 Å². The Balaban J connectivity index is 1.46. The van der Waals surface area contributed by atoms with Gasteiger partial charge in [0.05, 0.1) is 0 Å². The van der Waals surface area contributed by atoms with Gasteiger partial charge in [0.15, 0.2) is 0 Å². The second-order valence-corrected chi connectivity index (χ2v) is 11.0. The van der Waals surface area contributed by atoms with E-state index >= 15 is 0 Å². The predicted molar refractivity (Wildman–Crippen MR) is 160 cm³/mol. The van der Waals surface area contributed by atoms with E-state index in [1.54, 1.807) is 0 Å². The Morgan fingerprint density at radius 1 is 0.718 bits per heavy atom. The molecule has 0 atom stereocenters. The van der Waals surface area contributed by atoms with Gasteiger partial charge in [0.2, 0.25) is 0 Å². The third-order valence-electron chi connectivity index (χ3n) is 7.86. The fourth-order valence-corrected chi connectivity index (χ4v) is 5.59. The van der Waals surface area contributed by atoms with Crippen LogP contribution in [-0.2, 0) is 4.79 Å². The molecule has 6 nitrogen and oxygen atoms in total. The lowest BCUT2D eigenvalue weighted by Gasteiger charge is -2.28. The first-order valence-electron chi connectivity index (χ1n) is 15.4. The van der Waals surface area contributed by atoms with E-state index in [2.05, 4.69) is 12.2 Å². The number of unbranched alkanes of at least 4 members (excludes halogenated alkanes) is 14. The number of nitrogens with zero attached hydrogens (tertiary/aromatic N) is 1. The van der Waals surface area contributed by atoms with Gasteiger partial charge >= 0.3 is 5.97 Å². The Bertz CT molecular complexity index is 1060. The van der Waals surface area contributed by atoms with Crippen molar-refractivity contribution in [2.45, 2.75) is 116 Å². The van der Waals surface area contributed by atoms with Crippen molar-refractivity contribution in [3.8, 4) is 0 Å². The van der Waals surface area contributed by atoms with Crippen molar-refractivity contribution in [3.05, 3.63) is 41.5 Å². The van der Waals surface area contributed by atoms with Crippen molar-refractivity contribution in [1.82, 2.24) is 4.90 Å². The molecule has 0 spiro atoms. The monoisotopic (exact) mass is 536 g/mol. The van der Waals surface area contributed by atoms with E-state index in [4.69, 9.17) is 5.11 Å². The number of carbonyl (C=O) groups is 3. The molecule has 0 saturated carbocycles. The van der Waals surface area contributed by atoms with Gasteiger partial charge in [-0.05, 0) is 37.5 Å². The molecule has 2 amide bonds. The summed E-state index contributed by atoms with van der Waals surface area (Å²) < 4.78 is 0. The Hall–Kier alpha value is -2.89. The van der Waals surface area contributed by atoms with Gasteiger partial charge < -0.3 is 10.4 Å². The number of carboxylic acid groups (broad SMARTS) is 1. The van der Waals surface area contributed by atoms with Crippen LogP contribution in [0.15, 0.2) is 30.3 Å². The standard InChI is InChI=1S/C33H48N2O4/c1-2-3-4-5-6-7-10-13-16-24-34-29-23-22-28-31-26(29)19-18-20-27(31)32(38)35(33(28)39)25-17-14-11-8-9-12-15-21-30(36)37/h18-20,22-23,34H,2-17,21,24-25H2,1H3,(H,36,37). The van der Waals surface area contributed by atoms with Gasteiger partial charge in [-0.15, -0.1) is 0 Å². The topological polar surface area (TPSA) is 86.7 Å². The number of nitrogens with one attached hydrogen (secondary N) is 1. The van der Waals surface area contributed by atoms with E-state index in [1.165, 1.54) is 56.3 Å². The van der Waals surface area contributed by atoms with E-state index in [1.807, 2.05) is 30.3 Å². The smallest absolute Gasteiger partial charge is 0.303 e. The number of rotatable bonds is 21. The number of carbonyl (C=O) groups excluding carboxylic acids is 2. The summed E-state index contributed by atoms with van der Waals surface area (Å²) in [6.07, 6.45) is 18.4. The molecular weight excluding hydrogens is 488 g/mol. The number of benzene rings is 2. The molecule has 0 aliphatic carbocycles. The molecule has 0 saturated heterocycles. The summed E-state index contributed by atoms with van der Waals surface area (Å²) in [5.41, 5.74) is 2.23. The van der Waals surface area contributed by atoms with E-state index < -0.39 is 5.97 Å². The fraction of sp³-hybridized carbons (Fsp3) is 0.606. The number of hydrogen-bond acceptors (Lipinski definition) is 4. The molecule has 0 aromatic heterocycles. The minimum atomic E-state index is -0.732. The summed E-state index contributed by atoms with van der Waals surface area (Å²) in [5.74, 6) is -1.12. The van der Waals surface area contributed by atoms with Crippen LogP contribution in [0.25, 0.3) is 10.8 Å². The molecule has 3 rings (SSSR count). The molecule has 0 radical (unpaired) electrons. The van der Waals surface area contributed by atoms with Crippen LogP contribution in [0.1, 0.15) is 137 Å². The lowest BCUT2D eigenvalue weighted by Crippen LogP contribution is -2.40. The van der Waals surface area contributed by atoms with Gasteiger partial charge in [0.25, 0.3) is 11.8 Å². The van der Waals surface area contributed by atoms with E-state index in [9.17, 15) is 14.4 Å². The molecule has 2 N–H and O–H groups in total. The number of carboxylic acids is 1. The van der Waals surface area contributed by atoms with Gasteiger partial charge in [0, 0.05) is 47.1 Å². The lowest BCUT2D eigenvalue weighted by molar-refractivity contribution is -0.137. The minimum Gasteiger partial charge on any atom is -0.481 e. The Kier molecular flexibility index (Phi) is 13.3. The van der Waals surface area contributed by atoms with Crippen LogP contribution in [0, 0.1) is 0 Å². The largest absolute Gasteiger partial charge is 0.481 e. The van der Waals surface area contributed by atoms with Crippen molar-refractivity contribution < 1.29 is 19.5 Å². The maximum atomic E-state index is 13.3. The molecular formula is C33H48N2O4. The molecule has 0 unspecified atom stereocenters. The van der Waals surface area contributed by atoms with Crippen molar-refractivity contribution >= 4 is 34.2 Å². The highest BCUT2D eigenvalue weighted by Crippen LogP contribution is 2.34. The molecule has 0 bridgehead atoms. The maximum Gasteiger partial charge on any atom is 0.303 e. The highest BCUT2D eigenvalue weighted by molar-refractivity contribution is 6.26. The average Bonchev–Trinajstić information content (AvgIpc) is 2.93. The van der Waals surface area contributed by atoms with E-state index in [0.29, 0.717) is 17.7 Å². The zero-order valence-corrected chi connectivity index (χ0v) is 23.9. The van der Waals surface area contributed by atoms with Crippen LogP contribution in [0.3, 0.4) is 0 Å². The highest BCUT2D eigenvalue weighted by Gasteiger charge is 2.32. The third kappa shape index (κ3) is 9.36. The van der Waals surface area contributed by atoms with E-state index in [0.717, 1.165) is 74.4 Å². The third-order valence-corrected chi connectivity index (χ3v) is 7.86. The Morgan fingerprint density at radius 2 is 1.28 bits per heavy atom. The summed E-state index contributed by atoms with van der Waals surface area (Å²) >= 11 is 0. The molecule has 1 heterocycles. The highest BCUT2D eigenvalue weighted by atomic mass is 16.4. The molecule has 0 fully saturated rings. The molecule has 2 aromatic rings. The van der Waals surface area contributed by atoms with Crippen molar-refractivity contribution in [1.29, 1.82) is 0 Å². The quantitative estimate of drug-likeness (QED) is 0.123. The second-order valence-electron chi connectivity index (χ2n) is 11.0. The zero-order chi connectivity index (χ0) is 27.9. The summed E-state index contributed by atoms with van der Waals surface area (Å²) in [4.78, 5) is 38.6. The molecule has 214 valence electrons. The van der Waals surface area contributed by atoms with Gasteiger partial charge in [-0.1, -0.05) is 103 Å². The van der Waals surface area contributed by atoms with Crippen molar-refractivity contribution in [3.63, 3.8) is 0 Å². The van der Waals surface area contributed by atoms with Crippen LogP contribution in [-0.4, -0.2) is 40.9 Å². The number of aliphatic carboxylic acids is 1. The van der Waals surface area contributed by atoms with Gasteiger partial charge in [-0.25, -0.2) is 0 Å². The minimum absolute atomic E-state index is 0.192. The van der Waals surface area contributed by atoms with Gasteiger partial charge in [-0.2, -0.15) is 0 Å². The number of imide groups is 1. The van der Waals surface area contributed by atoms with Crippen LogP contribution < -0.4 is 5.32 Å². The maximum absolute atomic E-state index is 13.3. The van der Waals surface area contributed by atoms with Crippen molar-refractivity contribution in [2.75, 3.05) is 18.4 Å². The Morgan fingerprint density at radius 3 is 1.92 bits per heavy atom. The van der Waals surface area contributed by atoms with Gasteiger partial charge in [-0.3, -0.25) is 19.3 Å². The Labute approximate surface area is 234 Å². The molecule has 2 aromatic carbocycles. The second kappa shape index (κ2) is 16.9. The average molecular weight is 537 g/mol. The van der Waals surface area contributed by atoms with Crippen LogP contribution in [0.5, 0.6) is 0 Å². The SMILES string of the molecule is CCCCCCCCCCCNc1ccc2c3c(cccc13)C(=O)N(CCCCCCCCCC(=O)O)C2=O. The first-order chi connectivity index (χ1) is 19.0. The summed E-state index contributed by atoms with van der Waals surface area (Å²) in [6.45, 7) is 3.58. The first-order valence-corrected chi connectivity index (χ1v) is 15.4. The van der Waals surface area contributed by atoms with Gasteiger partial charge in [0.1, 0.15) is 0 Å². The molecule has 6 heteroatoms. The lowest BCUT2D eigenvalue weighted by atomic mass is 9.92. The normalized spacial score (nSPS) is 12.9. The van der Waals surface area contributed by atoms with Crippen LogP contribution in [0.4, 0.5) is 5.69 Å². The zero-order valence-electron chi connectivity index (χ0n) is 23.9. The number of hydrogen-bond donors (Lipinski definition) is 2. The predicted octanol–water partition coefficient (Wildman–Crippen LogP) is 8.58. The van der Waals surface area contributed by atoms with Crippen LogP contribution in [0.2, 0.25) is 0 Å². The van der Waals surface area contributed by atoms with E-state index in [-0.39, 0.29) is 18.2 Å². The molecule has 39 heavy (non-hydrogen) atoms. The fourth-order valence-electron chi connectivity index (χ4n) is 5.59. The number of anilines is 1. The first kappa shape index (κ1) is 30.6. The number of amides is 2. The summed E-state index contributed by atoms with van der Waals surface area (Å²) in [6, 6.07) is 9.64. The molecule has 1 aliphatic heterocycles. The van der Waals surface area contributed by atoms with Crippen molar-refractivity contribution in [2.24, 2.45) is 0 Å². The summed E-state index contributed by atoms with van der Waals surface area (Å²) in [5, 5.41) is 14.0.